The van der Waals surface area contributed by atoms with Crippen LogP contribution < -0.4 is 5.32 Å². The summed E-state index contributed by atoms with van der Waals surface area (Å²) in [7, 11) is 0. The number of nitrogens with one attached hydrogen (secondary N) is 1. The van der Waals surface area contributed by atoms with E-state index in [0.717, 1.165) is 21.7 Å². The lowest BCUT2D eigenvalue weighted by molar-refractivity contribution is 0.335. The topological polar surface area (TPSA) is 28.2 Å². The normalized spacial score (nSPS) is 22.1. The molecule has 1 aliphatic rings. The summed E-state index contributed by atoms with van der Waals surface area (Å²) in [5, 5.41) is 4.16. The molecule has 104 valence electrons. The molecule has 0 aromatic carbocycles. The summed E-state index contributed by atoms with van der Waals surface area (Å²) in [6.45, 7) is 2.96. The minimum Gasteiger partial charge on any atom is -0.352 e. The Hall–Kier alpha value is -1.17. The Balaban J connectivity index is 2.02. The van der Waals surface area contributed by atoms with Gasteiger partial charge in [-0.1, -0.05) is 17.7 Å². The molecule has 20 heavy (non-hydrogen) atoms. The van der Waals surface area contributed by atoms with Gasteiger partial charge in [-0.2, -0.15) is 0 Å². The van der Waals surface area contributed by atoms with Crippen LogP contribution in [-0.4, -0.2) is 21.5 Å². The predicted octanol–water partition coefficient (Wildman–Crippen LogP) is 3.79. The van der Waals surface area contributed by atoms with Gasteiger partial charge in [0.2, 0.25) is 0 Å². The van der Waals surface area contributed by atoms with Crippen LogP contribution in [0.4, 0.5) is 0 Å². The second-order valence-electron chi connectivity index (χ2n) is 4.55. The SMILES string of the molecule is CCN1C(=S)N[C@H](c2ccccn2)[C@H]1c1ccc(Cl)s1. The lowest BCUT2D eigenvalue weighted by Gasteiger charge is -2.25. The van der Waals surface area contributed by atoms with Gasteiger partial charge in [0.25, 0.3) is 0 Å². The number of likely N-dealkylation sites (N-methyl/N-ethyl adjacent to an activating group) is 1. The van der Waals surface area contributed by atoms with Crippen LogP contribution in [0, 0.1) is 0 Å². The molecule has 3 heterocycles. The number of nitrogens with zero attached hydrogens (tertiary/aromatic N) is 2. The van der Waals surface area contributed by atoms with E-state index in [1.165, 1.54) is 4.88 Å². The van der Waals surface area contributed by atoms with Crippen molar-refractivity contribution in [1.82, 2.24) is 15.2 Å². The van der Waals surface area contributed by atoms with Crippen molar-refractivity contribution >= 4 is 40.3 Å². The number of pyridine rings is 1. The van der Waals surface area contributed by atoms with Crippen molar-refractivity contribution in [2.75, 3.05) is 6.54 Å². The molecule has 2 aromatic heterocycles. The smallest absolute Gasteiger partial charge is 0.170 e. The van der Waals surface area contributed by atoms with Crippen molar-refractivity contribution in [1.29, 1.82) is 0 Å². The van der Waals surface area contributed by atoms with Crippen molar-refractivity contribution < 1.29 is 0 Å². The third-order valence-corrected chi connectivity index (χ3v) is 5.08. The molecule has 1 N–H and O–H groups in total. The van der Waals surface area contributed by atoms with Crippen LogP contribution in [0.25, 0.3) is 0 Å². The van der Waals surface area contributed by atoms with E-state index in [-0.39, 0.29) is 12.1 Å². The van der Waals surface area contributed by atoms with Crippen molar-refractivity contribution in [3.63, 3.8) is 0 Å². The Bertz CT molecular complexity index is 614. The van der Waals surface area contributed by atoms with Gasteiger partial charge in [-0.25, -0.2) is 0 Å². The van der Waals surface area contributed by atoms with E-state index in [9.17, 15) is 0 Å². The summed E-state index contributed by atoms with van der Waals surface area (Å²) in [5.74, 6) is 0. The summed E-state index contributed by atoms with van der Waals surface area (Å²) in [6, 6.07) is 10.2. The van der Waals surface area contributed by atoms with Gasteiger partial charge < -0.3 is 10.2 Å². The molecule has 0 spiro atoms. The molecule has 2 aromatic rings. The lowest BCUT2D eigenvalue weighted by atomic mass is 10.0. The minimum atomic E-state index is 0.0679. The van der Waals surface area contributed by atoms with Crippen LogP contribution in [-0.2, 0) is 0 Å². The van der Waals surface area contributed by atoms with Crippen LogP contribution in [0.3, 0.4) is 0 Å². The molecular formula is C14H14ClN3S2. The molecule has 0 bridgehead atoms. The molecule has 0 radical (unpaired) electrons. The van der Waals surface area contributed by atoms with Gasteiger partial charge in [-0.05, 0) is 43.4 Å². The monoisotopic (exact) mass is 323 g/mol. The summed E-state index contributed by atoms with van der Waals surface area (Å²) < 4.78 is 0.800. The molecule has 1 fully saturated rings. The first-order valence-corrected chi connectivity index (χ1v) is 8.04. The number of thiocarbonyl (C=S) groups is 1. The van der Waals surface area contributed by atoms with Crippen molar-refractivity contribution in [2.45, 2.75) is 19.0 Å². The lowest BCUT2D eigenvalue weighted by Crippen LogP contribution is -2.28. The maximum atomic E-state index is 6.09. The number of hydrogen-bond donors (Lipinski definition) is 1. The molecule has 1 saturated heterocycles. The van der Waals surface area contributed by atoms with Gasteiger partial charge in [0.05, 0.1) is 22.1 Å². The second kappa shape index (κ2) is 5.68. The largest absolute Gasteiger partial charge is 0.352 e. The molecule has 1 aliphatic heterocycles. The number of hydrogen-bond acceptors (Lipinski definition) is 3. The average Bonchev–Trinajstić information content (AvgIpc) is 3.03. The highest BCUT2D eigenvalue weighted by molar-refractivity contribution is 7.80. The van der Waals surface area contributed by atoms with Crippen LogP contribution in [0.1, 0.15) is 29.6 Å². The van der Waals surface area contributed by atoms with Crippen LogP contribution in [0.5, 0.6) is 0 Å². The third-order valence-electron chi connectivity index (χ3n) is 3.42. The van der Waals surface area contributed by atoms with Gasteiger partial charge in [0.15, 0.2) is 5.11 Å². The van der Waals surface area contributed by atoms with E-state index in [2.05, 4.69) is 28.2 Å². The van der Waals surface area contributed by atoms with Crippen LogP contribution >= 0.6 is 35.2 Å². The standard InChI is InChI=1S/C14H14ClN3S2/c1-2-18-13(10-6-7-11(15)20-10)12(17-14(18)19)9-5-3-4-8-16-9/h3-8,12-13H,2H2,1H3,(H,17,19)/t12-,13-/m1/s1. The molecule has 0 amide bonds. The van der Waals surface area contributed by atoms with Gasteiger partial charge in [-0.3, -0.25) is 4.98 Å². The maximum Gasteiger partial charge on any atom is 0.170 e. The quantitative estimate of drug-likeness (QED) is 0.870. The zero-order chi connectivity index (χ0) is 14.1. The first-order valence-electron chi connectivity index (χ1n) is 6.44. The number of thiophene rings is 1. The molecule has 3 nitrogen and oxygen atoms in total. The fraction of sp³-hybridized carbons (Fsp3) is 0.286. The molecule has 6 heteroatoms. The van der Waals surface area contributed by atoms with E-state index < -0.39 is 0 Å². The highest BCUT2D eigenvalue weighted by Gasteiger charge is 2.39. The maximum absolute atomic E-state index is 6.09. The Morgan fingerprint density at radius 2 is 2.25 bits per heavy atom. The third kappa shape index (κ3) is 2.41. The Labute approximate surface area is 132 Å². The highest BCUT2D eigenvalue weighted by atomic mass is 35.5. The van der Waals surface area contributed by atoms with Crippen molar-refractivity contribution in [2.24, 2.45) is 0 Å². The van der Waals surface area contributed by atoms with Gasteiger partial charge in [0.1, 0.15) is 0 Å². The Kier molecular flexibility index (Phi) is 3.92. The van der Waals surface area contributed by atoms with Crippen LogP contribution in [0.15, 0.2) is 36.5 Å². The number of halogens is 1. The zero-order valence-corrected chi connectivity index (χ0v) is 13.3. The van der Waals surface area contributed by atoms with Crippen molar-refractivity contribution in [3.05, 3.63) is 51.4 Å². The van der Waals surface area contributed by atoms with E-state index in [1.54, 1.807) is 11.3 Å². The van der Waals surface area contributed by atoms with Crippen molar-refractivity contribution in [3.8, 4) is 0 Å². The van der Waals surface area contributed by atoms with Crippen LogP contribution in [0.2, 0.25) is 4.34 Å². The van der Waals surface area contributed by atoms with E-state index in [1.807, 2.05) is 30.5 Å². The van der Waals surface area contributed by atoms with E-state index >= 15 is 0 Å². The fourth-order valence-corrected chi connectivity index (χ4v) is 4.12. The summed E-state index contributed by atoms with van der Waals surface area (Å²) >= 11 is 13.2. The average molecular weight is 324 g/mol. The summed E-state index contributed by atoms with van der Waals surface area (Å²) in [5.41, 5.74) is 1.00. The molecule has 3 rings (SSSR count). The van der Waals surface area contributed by atoms with E-state index in [4.69, 9.17) is 23.8 Å². The van der Waals surface area contributed by atoms with E-state index in [0.29, 0.717) is 0 Å². The molecule has 2 atom stereocenters. The molecule has 0 unspecified atom stereocenters. The fourth-order valence-electron chi connectivity index (χ4n) is 2.54. The Morgan fingerprint density at radius 3 is 2.85 bits per heavy atom. The molecule has 0 aliphatic carbocycles. The molecular weight excluding hydrogens is 310 g/mol. The second-order valence-corrected chi connectivity index (χ2v) is 6.69. The Morgan fingerprint density at radius 1 is 1.40 bits per heavy atom. The van der Waals surface area contributed by atoms with Gasteiger partial charge in [-0.15, -0.1) is 11.3 Å². The number of rotatable bonds is 3. The first kappa shape index (κ1) is 13.8. The van der Waals surface area contributed by atoms with Gasteiger partial charge in [0, 0.05) is 17.6 Å². The molecule has 0 saturated carbocycles. The predicted molar refractivity (Wildman–Crippen MR) is 87.2 cm³/mol. The summed E-state index contributed by atoms with van der Waals surface area (Å²) in [4.78, 5) is 7.87. The number of aromatic nitrogens is 1. The van der Waals surface area contributed by atoms with Gasteiger partial charge >= 0.3 is 0 Å². The first-order chi connectivity index (χ1) is 9.70. The minimum absolute atomic E-state index is 0.0679. The highest BCUT2D eigenvalue weighted by Crippen LogP contribution is 2.41. The zero-order valence-electron chi connectivity index (χ0n) is 10.9. The summed E-state index contributed by atoms with van der Waals surface area (Å²) in [6.07, 6.45) is 1.81.